The summed E-state index contributed by atoms with van der Waals surface area (Å²) in [7, 11) is -4.05. The topological polar surface area (TPSA) is 83.8 Å². The summed E-state index contributed by atoms with van der Waals surface area (Å²) >= 11 is 0. The Labute approximate surface area is 224 Å². The van der Waals surface area contributed by atoms with Gasteiger partial charge in [-0.05, 0) is 89.4 Å². The second kappa shape index (κ2) is 9.32. The molecule has 0 bridgehead atoms. The zero-order chi connectivity index (χ0) is 24.3. The molecule has 7 heteroatoms. The first-order valence-electron chi connectivity index (χ1n) is 11.1. The Bertz CT molecular complexity index is 1300. The third-order valence-corrected chi connectivity index (χ3v) is 7.88. The smallest absolute Gasteiger partial charge is 0.298 e. The number of rotatable bonds is 4. The molecule has 0 fully saturated rings. The predicted molar refractivity (Wildman–Crippen MR) is 134 cm³/mol. The van der Waals surface area contributed by atoms with Crippen LogP contribution in [-0.4, -0.2) is 48.2 Å². The van der Waals surface area contributed by atoms with Crippen LogP contribution in [-0.2, 0) is 19.9 Å². The van der Waals surface area contributed by atoms with Crippen LogP contribution in [0.2, 0.25) is 0 Å². The van der Waals surface area contributed by atoms with Crippen LogP contribution >= 0.6 is 0 Å². The molecular weight excluding hydrogens is 459 g/mol. The van der Waals surface area contributed by atoms with Crippen molar-refractivity contribution in [3.05, 3.63) is 87.5 Å². The van der Waals surface area contributed by atoms with Gasteiger partial charge in [0.25, 0.3) is 10.1 Å². The predicted octanol–water partition coefficient (Wildman–Crippen LogP) is 5.59. The number of benzene rings is 3. The minimum atomic E-state index is -4.05. The molecular formula is C27H30NaO5S. The zero-order valence-corrected chi connectivity index (χ0v) is 23.6. The molecule has 4 rings (SSSR count). The maximum atomic E-state index is 13.3. The van der Waals surface area contributed by atoms with E-state index in [9.17, 15) is 18.6 Å². The standard InChI is InChI=1S/C27H30O5S.Na/c1-15(2)19-13-22(17(5)11-24(19)28)27(21-9-7-8-10-26(21)33(30,31)32-27)23-14-20(16(3)4)25(29)12-18(23)6;/h7-16,28-29H,1-6H3;. The van der Waals surface area contributed by atoms with E-state index in [2.05, 4.69) is 0 Å². The Hall–Kier alpha value is -1.83. The van der Waals surface area contributed by atoms with Crippen molar-refractivity contribution in [2.24, 2.45) is 0 Å². The number of phenolic OH excluding ortho intramolecular Hbond substituents is 2. The molecule has 0 unspecified atom stereocenters. The van der Waals surface area contributed by atoms with Crippen LogP contribution in [0, 0.1) is 13.8 Å². The molecule has 1 aliphatic rings. The summed E-state index contributed by atoms with van der Waals surface area (Å²) in [4.78, 5) is 0.127. The van der Waals surface area contributed by atoms with Crippen LogP contribution in [0.4, 0.5) is 0 Å². The maximum Gasteiger partial charge on any atom is 0.298 e. The van der Waals surface area contributed by atoms with E-state index >= 15 is 0 Å². The second-order valence-electron chi connectivity index (χ2n) is 9.48. The van der Waals surface area contributed by atoms with Crippen molar-refractivity contribution in [2.75, 3.05) is 0 Å². The average molecular weight is 490 g/mol. The molecule has 0 aromatic heterocycles. The summed E-state index contributed by atoms with van der Waals surface area (Å²) < 4.78 is 32.7. The molecule has 3 aromatic carbocycles. The van der Waals surface area contributed by atoms with Crippen LogP contribution in [0.25, 0.3) is 0 Å². The molecule has 0 saturated carbocycles. The SMILES string of the molecule is Cc1cc(O)c(C(C)C)cc1C1(c2cc(C(C)C)c(O)cc2C)OS(=O)(=O)c2ccccc21.[Na]. The molecule has 0 saturated heterocycles. The van der Waals surface area contributed by atoms with Crippen molar-refractivity contribution in [3.8, 4) is 11.5 Å². The zero-order valence-electron chi connectivity index (χ0n) is 20.8. The van der Waals surface area contributed by atoms with Crippen molar-refractivity contribution in [3.63, 3.8) is 0 Å². The van der Waals surface area contributed by atoms with Gasteiger partial charge in [0.1, 0.15) is 16.4 Å². The minimum Gasteiger partial charge on any atom is -0.508 e. The maximum absolute atomic E-state index is 13.3. The van der Waals surface area contributed by atoms with Gasteiger partial charge in [0.2, 0.25) is 0 Å². The molecule has 0 amide bonds. The fraction of sp³-hybridized carbons (Fsp3) is 0.333. The van der Waals surface area contributed by atoms with E-state index in [1.165, 1.54) is 0 Å². The van der Waals surface area contributed by atoms with E-state index in [4.69, 9.17) is 4.18 Å². The van der Waals surface area contributed by atoms with Gasteiger partial charge >= 0.3 is 0 Å². The van der Waals surface area contributed by atoms with E-state index in [-0.39, 0.29) is 57.8 Å². The molecule has 175 valence electrons. The van der Waals surface area contributed by atoms with Gasteiger partial charge in [-0.1, -0.05) is 45.9 Å². The molecule has 1 heterocycles. The largest absolute Gasteiger partial charge is 0.508 e. The molecule has 5 nitrogen and oxygen atoms in total. The van der Waals surface area contributed by atoms with Crippen molar-refractivity contribution >= 4 is 39.7 Å². The summed E-state index contributed by atoms with van der Waals surface area (Å²) in [6.45, 7) is 11.6. The van der Waals surface area contributed by atoms with Gasteiger partial charge in [-0.15, -0.1) is 0 Å². The van der Waals surface area contributed by atoms with Crippen LogP contribution in [0.1, 0.15) is 78.5 Å². The van der Waals surface area contributed by atoms with Gasteiger partial charge < -0.3 is 10.2 Å². The minimum absolute atomic E-state index is 0. The quantitative estimate of drug-likeness (QED) is 0.369. The van der Waals surface area contributed by atoms with Gasteiger partial charge in [-0.25, -0.2) is 4.18 Å². The van der Waals surface area contributed by atoms with E-state index in [1.807, 2.05) is 53.7 Å². The van der Waals surface area contributed by atoms with Crippen molar-refractivity contribution < 1.29 is 22.8 Å². The Balaban J connectivity index is 0.00000324. The average Bonchev–Trinajstić information content (AvgIpc) is 2.96. The van der Waals surface area contributed by atoms with E-state index in [0.29, 0.717) is 38.9 Å². The van der Waals surface area contributed by atoms with Crippen LogP contribution in [0.15, 0.2) is 53.4 Å². The van der Waals surface area contributed by atoms with E-state index in [0.717, 1.165) is 0 Å². The fourth-order valence-corrected chi connectivity index (χ4v) is 6.27. The number of aryl methyl sites for hydroxylation is 2. The first-order chi connectivity index (χ1) is 15.4. The monoisotopic (exact) mass is 489 g/mol. The van der Waals surface area contributed by atoms with Gasteiger partial charge in [0.05, 0.1) is 0 Å². The molecule has 0 aliphatic carbocycles. The molecule has 1 radical (unpaired) electrons. The van der Waals surface area contributed by atoms with E-state index in [1.54, 1.807) is 36.4 Å². The number of aromatic hydroxyl groups is 2. The van der Waals surface area contributed by atoms with Crippen molar-refractivity contribution in [1.82, 2.24) is 0 Å². The Morgan fingerprint density at radius 3 is 1.65 bits per heavy atom. The van der Waals surface area contributed by atoms with Crippen LogP contribution in [0.3, 0.4) is 0 Å². The van der Waals surface area contributed by atoms with Gasteiger partial charge in [0, 0.05) is 35.1 Å². The summed E-state index contributed by atoms with van der Waals surface area (Å²) in [5.41, 5.74) is 3.23. The number of fused-ring (bicyclic) bond motifs is 1. The Morgan fingerprint density at radius 2 is 1.21 bits per heavy atom. The molecule has 2 N–H and O–H groups in total. The fourth-order valence-electron chi connectivity index (χ4n) is 4.86. The Morgan fingerprint density at radius 1 is 0.765 bits per heavy atom. The summed E-state index contributed by atoms with van der Waals surface area (Å²) in [5.74, 6) is 0.366. The number of hydrogen-bond acceptors (Lipinski definition) is 5. The summed E-state index contributed by atoms with van der Waals surface area (Å²) in [5, 5.41) is 21.2. The van der Waals surface area contributed by atoms with Gasteiger partial charge in [-0.3, -0.25) is 0 Å². The normalized spacial score (nSPS) is 15.9. The molecule has 0 spiro atoms. The molecule has 34 heavy (non-hydrogen) atoms. The molecule has 0 atom stereocenters. The van der Waals surface area contributed by atoms with Crippen LogP contribution < -0.4 is 0 Å². The van der Waals surface area contributed by atoms with Crippen molar-refractivity contribution in [2.45, 2.75) is 63.9 Å². The second-order valence-corrected chi connectivity index (χ2v) is 11.0. The third-order valence-electron chi connectivity index (χ3n) is 6.52. The van der Waals surface area contributed by atoms with Gasteiger partial charge in [0.15, 0.2) is 5.60 Å². The molecule has 3 aromatic rings. The van der Waals surface area contributed by atoms with Crippen molar-refractivity contribution in [1.29, 1.82) is 0 Å². The summed E-state index contributed by atoms with van der Waals surface area (Å²) in [6.07, 6.45) is 0. The van der Waals surface area contributed by atoms with Gasteiger partial charge in [-0.2, -0.15) is 8.42 Å². The molecule has 1 aliphatic heterocycles. The number of hydrogen-bond donors (Lipinski definition) is 2. The first kappa shape index (κ1) is 26.8. The third kappa shape index (κ3) is 4.10. The van der Waals surface area contributed by atoms with Crippen LogP contribution in [0.5, 0.6) is 11.5 Å². The number of phenols is 2. The Kier molecular flexibility index (Phi) is 7.34. The first-order valence-corrected chi connectivity index (χ1v) is 12.5. The van der Waals surface area contributed by atoms with E-state index < -0.39 is 15.7 Å². The summed E-state index contributed by atoms with van der Waals surface area (Å²) in [6, 6.07) is 13.9.